The molecule has 1 aromatic heterocycles. The Bertz CT molecular complexity index is 982. The summed E-state index contributed by atoms with van der Waals surface area (Å²) in [4.78, 5) is 16.3. The number of ketones is 1. The number of methoxy groups -OCH3 is 1. The van der Waals surface area contributed by atoms with Gasteiger partial charge in [0.15, 0.2) is 0 Å². The molecule has 0 bridgehead atoms. The molecule has 4 rings (SSSR count). The lowest BCUT2D eigenvalue weighted by Gasteiger charge is -2.12. The van der Waals surface area contributed by atoms with Crippen LogP contribution < -0.4 is 4.74 Å². The van der Waals surface area contributed by atoms with Crippen LogP contribution >= 0.6 is 11.3 Å². The highest BCUT2D eigenvalue weighted by atomic mass is 32.1. The Labute approximate surface area is 170 Å². The third-order valence-electron chi connectivity index (χ3n) is 4.77. The lowest BCUT2D eigenvalue weighted by molar-refractivity contribution is 0.104. The molecule has 0 saturated heterocycles. The van der Waals surface area contributed by atoms with Gasteiger partial charge in [0, 0.05) is 22.7 Å². The number of ether oxygens (including phenoxy) is 1. The van der Waals surface area contributed by atoms with Gasteiger partial charge >= 0.3 is 0 Å². The average Bonchev–Trinajstić information content (AvgIpc) is 3.34. The van der Waals surface area contributed by atoms with Gasteiger partial charge in [-0.25, -0.2) is 0 Å². The molecule has 141 valence electrons. The summed E-state index contributed by atoms with van der Waals surface area (Å²) in [5.74, 6) is 1.94. The zero-order valence-electron chi connectivity index (χ0n) is 16.2. The van der Waals surface area contributed by atoms with E-state index < -0.39 is 0 Å². The summed E-state index contributed by atoms with van der Waals surface area (Å²) in [6.45, 7) is 0.857. The summed E-state index contributed by atoms with van der Waals surface area (Å²) in [5.41, 5.74) is 2.92. The molecular weight excluding hydrogens is 366 g/mol. The van der Waals surface area contributed by atoms with Crippen molar-refractivity contribution in [3.05, 3.63) is 95.6 Å². The fourth-order valence-corrected chi connectivity index (χ4v) is 4.66. The standard InChI is InChI=1S/C24H22NO2S/c1-25(2)15-16-8-10-18(11-9-16)23(26)24-22(17-6-4-5-7-17)20-13-12-19(27-3)14-21(20)28-24/h4-14H,15H2,1-3H3. The molecular formula is C24H22NO2S. The Morgan fingerprint density at radius 1 is 1.04 bits per heavy atom. The minimum absolute atomic E-state index is 0.0627. The zero-order chi connectivity index (χ0) is 19.7. The van der Waals surface area contributed by atoms with Crippen molar-refractivity contribution in [1.29, 1.82) is 0 Å². The predicted molar refractivity (Wildman–Crippen MR) is 115 cm³/mol. The molecule has 3 nitrogen and oxygen atoms in total. The lowest BCUT2D eigenvalue weighted by atomic mass is 9.92. The molecule has 1 aliphatic rings. The number of hydrogen-bond donors (Lipinski definition) is 0. The Balaban J connectivity index is 1.75. The fourth-order valence-electron chi connectivity index (χ4n) is 3.45. The van der Waals surface area contributed by atoms with Crippen LogP contribution in [0.15, 0.2) is 42.5 Å². The molecule has 5 radical (unpaired) electrons. The van der Waals surface area contributed by atoms with Gasteiger partial charge in [0.1, 0.15) is 5.75 Å². The maximum absolute atomic E-state index is 13.4. The van der Waals surface area contributed by atoms with Crippen molar-refractivity contribution in [2.24, 2.45) is 0 Å². The summed E-state index contributed by atoms with van der Waals surface area (Å²) in [5, 5.41) is 1.09. The van der Waals surface area contributed by atoms with Crippen LogP contribution in [0.3, 0.4) is 0 Å². The number of hydrogen-bond acceptors (Lipinski definition) is 4. The number of fused-ring (bicyclic) bond motifs is 1. The highest BCUT2D eigenvalue weighted by molar-refractivity contribution is 7.21. The Morgan fingerprint density at radius 3 is 2.39 bits per heavy atom. The van der Waals surface area contributed by atoms with E-state index in [2.05, 4.69) is 17.7 Å². The van der Waals surface area contributed by atoms with Crippen LogP contribution in [-0.2, 0) is 6.54 Å². The normalized spacial score (nSPS) is 14.9. The average molecular weight is 389 g/mol. The summed E-state index contributed by atoms with van der Waals surface area (Å²) in [7, 11) is 5.74. The quantitative estimate of drug-likeness (QED) is 0.559. The molecule has 1 saturated carbocycles. The second-order valence-electron chi connectivity index (χ2n) is 7.11. The predicted octanol–water partition coefficient (Wildman–Crippen LogP) is 4.96. The molecule has 2 aromatic carbocycles. The Kier molecular flexibility index (Phi) is 5.51. The van der Waals surface area contributed by atoms with E-state index >= 15 is 0 Å². The van der Waals surface area contributed by atoms with Crippen LogP contribution in [0.25, 0.3) is 10.1 Å². The highest BCUT2D eigenvalue weighted by Gasteiger charge is 2.29. The van der Waals surface area contributed by atoms with Crippen molar-refractivity contribution in [3.63, 3.8) is 0 Å². The van der Waals surface area contributed by atoms with Crippen molar-refractivity contribution in [1.82, 2.24) is 4.90 Å². The van der Waals surface area contributed by atoms with Crippen LogP contribution in [0, 0.1) is 31.6 Å². The molecule has 28 heavy (non-hydrogen) atoms. The number of thiophene rings is 1. The highest BCUT2D eigenvalue weighted by Crippen LogP contribution is 2.43. The maximum atomic E-state index is 13.4. The van der Waals surface area contributed by atoms with Crippen LogP contribution in [0.1, 0.15) is 26.4 Å². The zero-order valence-corrected chi connectivity index (χ0v) is 17.0. The minimum Gasteiger partial charge on any atom is -0.497 e. The first-order valence-corrected chi connectivity index (χ1v) is 9.99. The number of benzene rings is 2. The summed E-state index contributed by atoms with van der Waals surface area (Å²) < 4.78 is 6.43. The van der Waals surface area contributed by atoms with Crippen molar-refractivity contribution < 1.29 is 9.53 Å². The van der Waals surface area contributed by atoms with Gasteiger partial charge in [-0.2, -0.15) is 0 Å². The molecule has 1 aliphatic carbocycles. The number of carbonyl (C=O) groups is 1. The van der Waals surface area contributed by atoms with Gasteiger partial charge in [0.25, 0.3) is 0 Å². The molecule has 0 spiro atoms. The smallest absolute Gasteiger partial charge is 0.203 e. The van der Waals surface area contributed by atoms with Crippen LogP contribution in [0.5, 0.6) is 5.75 Å². The first-order chi connectivity index (χ1) is 13.6. The molecule has 0 N–H and O–H groups in total. The first-order valence-electron chi connectivity index (χ1n) is 9.18. The topological polar surface area (TPSA) is 29.5 Å². The monoisotopic (exact) mass is 388 g/mol. The number of carbonyl (C=O) groups excluding carboxylic acids is 1. The molecule has 0 amide bonds. The minimum atomic E-state index is 0.0627. The Hall–Kier alpha value is -2.17. The van der Waals surface area contributed by atoms with Gasteiger partial charge < -0.3 is 9.64 Å². The van der Waals surface area contributed by atoms with Gasteiger partial charge in [-0.05, 0) is 74.5 Å². The van der Waals surface area contributed by atoms with E-state index in [1.807, 2.05) is 69.4 Å². The SMILES string of the molecule is COc1ccc2c([C]3[CH][CH][CH][CH]3)c(C(=O)c3ccc(CN(C)C)cc3)sc2c1. The fraction of sp³-hybridized carbons (Fsp3) is 0.167. The van der Waals surface area contributed by atoms with Gasteiger partial charge in [0.2, 0.25) is 5.78 Å². The maximum Gasteiger partial charge on any atom is 0.203 e. The molecule has 0 atom stereocenters. The van der Waals surface area contributed by atoms with E-state index in [-0.39, 0.29) is 5.78 Å². The molecule has 4 heteroatoms. The summed E-state index contributed by atoms with van der Waals surface area (Å²) in [6, 6.07) is 13.9. The number of nitrogens with zero attached hydrogens (tertiary/aromatic N) is 1. The molecule has 0 aliphatic heterocycles. The second kappa shape index (κ2) is 8.06. The largest absolute Gasteiger partial charge is 0.497 e. The van der Waals surface area contributed by atoms with Crippen molar-refractivity contribution in [3.8, 4) is 5.75 Å². The molecule has 3 aromatic rings. The van der Waals surface area contributed by atoms with Crippen LogP contribution in [0.4, 0.5) is 0 Å². The third-order valence-corrected chi connectivity index (χ3v) is 5.92. The molecule has 0 unspecified atom stereocenters. The van der Waals surface area contributed by atoms with Crippen molar-refractivity contribution >= 4 is 27.2 Å². The molecule has 1 heterocycles. The van der Waals surface area contributed by atoms with Gasteiger partial charge in [-0.15, -0.1) is 11.3 Å². The summed E-state index contributed by atoms with van der Waals surface area (Å²) in [6.07, 6.45) is 8.13. The van der Waals surface area contributed by atoms with Gasteiger partial charge in [-0.3, -0.25) is 4.79 Å². The van der Waals surface area contributed by atoms with E-state index in [1.54, 1.807) is 7.11 Å². The van der Waals surface area contributed by atoms with Crippen LogP contribution in [-0.4, -0.2) is 31.9 Å². The van der Waals surface area contributed by atoms with Crippen LogP contribution in [0.2, 0.25) is 0 Å². The van der Waals surface area contributed by atoms with Gasteiger partial charge in [-0.1, -0.05) is 24.3 Å². The second-order valence-corrected chi connectivity index (χ2v) is 8.16. The van der Waals surface area contributed by atoms with E-state index in [4.69, 9.17) is 4.74 Å². The van der Waals surface area contributed by atoms with E-state index in [1.165, 1.54) is 16.9 Å². The van der Waals surface area contributed by atoms with E-state index in [0.29, 0.717) is 5.56 Å². The third kappa shape index (κ3) is 3.71. The summed E-state index contributed by atoms with van der Waals surface area (Å²) >= 11 is 1.53. The van der Waals surface area contributed by atoms with Crippen molar-refractivity contribution in [2.45, 2.75) is 6.54 Å². The van der Waals surface area contributed by atoms with E-state index in [0.717, 1.165) is 38.7 Å². The van der Waals surface area contributed by atoms with Crippen molar-refractivity contribution in [2.75, 3.05) is 21.2 Å². The Morgan fingerprint density at radius 2 is 1.75 bits per heavy atom. The lowest BCUT2D eigenvalue weighted by Crippen LogP contribution is -2.11. The van der Waals surface area contributed by atoms with E-state index in [9.17, 15) is 4.79 Å². The first kappa shape index (κ1) is 19.2. The molecule has 1 fully saturated rings. The number of rotatable bonds is 6. The van der Waals surface area contributed by atoms with Gasteiger partial charge in [0.05, 0.1) is 12.0 Å².